The Morgan fingerprint density at radius 2 is 1.77 bits per heavy atom. The Labute approximate surface area is 187 Å². The number of carboxylic acid groups (broad SMARTS) is 1. The standard InChI is InChI=1S/C6H12NO5.C6H8O6.C2H4O2.ClH.Cu/c7-3-5(10)4(9)2(1-8)12-6(3)11;7-1-2(8)5-3(9)4(10)6(11)12-5;1-2(3)4;;/h2-6,8-10H,1,7H2;2,5,7-10H,1H2;1H3,(H,3,4);1H;/q-1;;;;+2. The second-order valence-electron chi connectivity index (χ2n) is 5.62. The fourth-order valence-electron chi connectivity index (χ4n) is 1.92. The molecule has 30 heavy (non-hydrogen) atoms. The van der Waals surface area contributed by atoms with Gasteiger partial charge < -0.3 is 61.2 Å². The normalized spacial score (nSPS) is 30.9. The molecule has 0 saturated carbocycles. The van der Waals surface area contributed by atoms with Gasteiger partial charge in [0, 0.05) is 25.0 Å². The van der Waals surface area contributed by atoms with Crippen molar-refractivity contribution >= 4 is 24.3 Å². The summed E-state index contributed by atoms with van der Waals surface area (Å²) in [5.41, 5.74) is 5.20. The van der Waals surface area contributed by atoms with Crippen molar-refractivity contribution < 1.29 is 82.1 Å². The number of esters is 1. The topological polar surface area (TPSA) is 269 Å². The Kier molecular flexibility index (Phi) is 17.3. The average molecular weight is 514 g/mol. The fourth-order valence-corrected chi connectivity index (χ4v) is 1.92. The Hall–Kier alpha value is -1.23. The molecule has 0 aromatic carbocycles. The molecular weight excluding hydrogens is 489 g/mol. The van der Waals surface area contributed by atoms with Gasteiger partial charge in [-0.3, -0.25) is 4.79 Å². The Morgan fingerprint density at radius 3 is 2.10 bits per heavy atom. The average Bonchev–Trinajstić information content (AvgIpc) is 2.89. The number of carbonyl (C=O) groups is 2. The first-order chi connectivity index (χ1) is 12.9. The molecule has 10 N–H and O–H groups in total. The fraction of sp³-hybridized carbons (Fsp3) is 0.714. The molecule has 1 saturated heterocycles. The first-order valence-corrected chi connectivity index (χ1v) is 7.75. The Morgan fingerprint density at radius 1 is 1.30 bits per heavy atom. The van der Waals surface area contributed by atoms with Crippen LogP contribution in [0.3, 0.4) is 0 Å². The maximum absolute atomic E-state index is 10.9. The Balaban J connectivity index is -0.000000391. The zero-order valence-corrected chi connectivity index (χ0v) is 17.1. The van der Waals surface area contributed by atoms with Crippen LogP contribution in [0.5, 0.6) is 0 Å². The van der Waals surface area contributed by atoms with Gasteiger partial charge in [-0.25, -0.2) is 4.79 Å². The molecule has 1 fully saturated rings. The zero-order chi connectivity index (χ0) is 22.2. The predicted octanol–water partition coefficient (Wildman–Crippen LogP) is -6.82. The number of halogens is 1. The molecular formula is C14H25ClCuNO13+. The molecule has 7 atom stereocenters. The van der Waals surface area contributed by atoms with E-state index in [0.29, 0.717) is 0 Å². The monoisotopic (exact) mass is 513 g/mol. The van der Waals surface area contributed by atoms with E-state index in [9.17, 15) is 20.1 Å². The number of aliphatic hydroxyl groups excluding tert-OH is 5. The van der Waals surface area contributed by atoms with Crippen molar-refractivity contribution in [2.24, 2.45) is 5.73 Å². The van der Waals surface area contributed by atoms with E-state index in [1.165, 1.54) is 0 Å². The minimum atomic E-state index is -1.60. The molecule has 2 rings (SSSR count). The summed E-state index contributed by atoms with van der Waals surface area (Å²) in [6.45, 7) is -0.110. The third-order valence-electron chi connectivity index (χ3n) is 3.41. The number of cyclic esters (lactones) is 1. The quantitative estimate of drug-likeness (QED) is 0.105. The number of aliphatic carboxylic acids is 1. The summed E-state index contributed by atoms with van der Waals surface area (Å²) < 4.78 is 8.91. The third-order valence-corrected chi connectivity index (χ3v) is 3.41. The summed E-state index contributed by atoms with van der Waals surface area (Å²) in [6, 6.07) is -1.15. The van der Waals surface area contributed by atoms with Crippen LogP contribution in [0.1, 0.15) is 6.92 Å². The van der Waals surface area contributed by atoms with Gasteiger partial charge in [0.15, 0.2) is 6.10 Å². The van der Waals surface area contributed by atoms with Crippen molar-refractivity contribution in [2.45, 2.75) is 49.8 Å². The molecule has 16 heteroatoms. The van der Waals surface area contributed by atoms with Gasteiger partial charge in [-0.2, -0.15) is 0 Å². The van der Waals surface area contributed by atoms with Gasteiger partial charge in [0.25, 0.3) is 5.97 Å². The van der Waals surface area contributed by atoms with Gasteiger partial charge in [0.1, 0.15) is 18.3 Å². The summed E-state index contributed by atoms with van der Waals surface area (Å²) in [4.78, 5) is 19.6. The summed E-state index contributed by atoms with van der Waals surface area (Å²) in [6.07, 6.45) is -8.12. The van der Waals surface area contributed by atoms with Crippen molar-refractivity contribution in [2.75, 3.05) is 13.2 Å². The molecule has 0 spiro atoms. The van der Waals surface area contributed by atoms with Crippen LogP contribution in [0, 0.1) is 0 Å². The van der Waals surface area contributed by atoms with Crippen molar-refractivity contribution in [3.05, 3.63) is 11.5 Å². The van der Waals surface area contributed by atoms with Gasteiger partial charge in [0.2, 0.25) is 0 Å². The van der Waals surface area contributed by atoms with E-state index in [-0.39, 0.29) is 29.5 Å². The van der Waals surface area contributed by atoms with E-state index < -0.39 is 79.5 Å². The van der Waals surface area contributed by atoms with Gasteiger partial charge in [-0.05, 0) is 0 Å². The van der Waals surface area contributed by atoms with Crippen LogP contribution in [0.4, 0.5) is 0 Å². The molecule has 1 radical (unpaired) electrons. The number of aliphatic hydroxyl groups is 5. The second-order valence-corrected chi connectivity index (χ2v) is 5.62. The van der Waals surface area contributed by atoms with Crippen LogP contribution in [0.25, 0.3) is 0 Å². The molecule has 7 unspecified atom stereocenters. The molecule has 2 heterocycles. The Bertz CT molecular complexity index is 557. The van der Waals surface area contributed by atoms with E-state index in [0.717, 1.165) is 6.92 Å². The second kappa shape index (κ2) is 15.6. The summed E-state index contributed by atoms with van der Waals surface area (Å²) >= 11 is 0. The van der Waals surface area contributed by atoms with Gasteiger partial charge in [0.05, 0.1) is 19.3 Å². The number of carboxylic acids is 1. The van der Waals surface area contributed by atoms with Gasteiger partial charge in [-0.15, -0.1) is 12.4 Å². The number of rotatable bonds is 3. The third kappa shape index (κ3) is 9.72. The van der Waals surface area contributed by atoms with E-state index in [2.05, 4.69) is 9.47 Å². The first kappa shape index (κ1) is 33.4. The van der Waals surface area contributed by atoms with E-state index in [1.54, 1.807) is 0 Å². The van der Waals surface area contributed by atoms with E-state index in [1.807, 2.05) is 0 Å². The predicted molar refractivity (Wildman–Crippen MR) is 89.9 cm³/mol. The largest absolute Gasteiger partial charge is 2.00 e. The number of ether oxygens (including phenoxy) is 2. The van der Waals surface area contributed by atoms with Crippen LogP contribution >= 0.6 is 12.4 Å². The molecule has 2 aliphatic heterocycles. The molecule has 0 amide bonds. The van der Waals surface area contributed by atoms with Crippen molar-refractivity contribution in [1.82, 2.24) is 0 Å². The zero-order valence-electron chi connectivity index (χ0n) is 15.4. The molecule has 0 aliphatic carbocycles. The smallest absolute Gasteiger partial charge is 0.867 e. The summed E-state index contributed by atoms with van der Waals surface area (Å²) in [7, 11) is 0. The maximum atomic E-state index is 10.9. The number of hydrogen-bond donors (Lipinski definition) is 7. The van der Waals surface area contributed by atoms with Gasteiger partial charge >= 0.3 is 28.8 Å². The van der Waals surface area contributed by atoms with Crippen LogP contribution in [0.2, 0.25) is 0 Å². The van der Waals surface area contributed by atoms with Crippen LogP contribution in [0.15, 0.2) is 11.5 Å². The van der Waals surface area contributed by atoms with E-state index >= 15 is 0 Å². The number of nitrogens with two attached hydrogens (primary N) is 1. The minimum absolute atomic E-state index is 0. The van der Waals surface area contributed by atoms with Crippen molar-refractivity contribution in [3.8, 4) is 0 Å². The summed E-state index contributed by atoms with van der Waals surface area (Å²) in [5, 5.41) is 80.3. The molecule has 0 bridgehead atoms. The SMILES string of the molecule is CC(=O)O.Cl.NC1C([O-])OC(CO)C(O)C1O.O=C1OC(C(O)CO)C([O-])=C1[OH2+].[Cu+2]. The minimum Gasteiger partial charge on any atom is -0.867 e. The van der Waals surface area contributed by atoms with Crippen molar-refractivity contribution in [1.29, 1.82) is 0 Å². The number of carbonyl (C=O) groups excluding carboxylic acids is 1. The first-order valence-electron chi connectivity index (χ1n) is 7.75. The van der Waals surface area contributed by atoms with E-state index in [4.69, 9.17) is 41.2 Å². The maximum Gasteiger partial charge on any atom is 2.00 e. The molecule has 2 aliphatic rings. The van der Waals surface area contributed by atoms with Crippen LogP contribution < -0.4 is 15.9 Å². The molecule has 181 valence electrons. The molecule has 14 nitrogen and oxygen atoms in total. The summed E-state index contributed by atoms with van der Waals surface area (Å²) in [5.74, 6) is -3.56. The van der Waals surface area contributed by atoms with Crippen molar-refractivity contribution in [3.63, 3.8) is 0 Å². The van der Waals surface area contributed by atoms with Crippen LogP contribution in [-0.2, 0) is 36.1 Å². The molecule has 0 aromatic rings. The van der Waals surface area contributed by atoms with Crippen LogP contribution in [-0.4, -0.2) is 104 Å². The molecule has 0 aromatic heterocycles. The number of hydrogen-bond acceptors (Lipinski definition) is 12. The van der Waals surface area contributed by atoms with Gasteiger partial charge in [-0.1, -0.05) is 0 Å².